The Morgan fingerprint density at radius 2 is 2.17 bits per heavy atom. The molecule has 0 fully saturated rings. The summed E-state index contributed by atoms with van der Waals surface area (Å²) in [5.41, 5.74) is 2.57. The van der Waals surface area contributed by atoms with Crippen molar-refractivity contribution in [3.05, 3.63) is 29.3 Å². The van der Waals surface area contributed by atoms with Crippen LogP contribution in [-0.2, 0) is 4.79 Å². The number of aryl methyl sites for hydroxylation is 1. The molecule has 0 amide bonds. The molecule has 1 aromatic rings. The summed E-state index contributed by atoms with van der Waals surface area (Å²) in [5.74, 6) is 1.42. The molecule has 0 aliphatic rings. The summed E-state index contributed by atoms with van der Waals surface area (Å²) in [5, 5.41) is 8.49. The Bertz CT molecular complexity index is 402. The van der Waals surface area contributed by atoms with Gasteiger partial charge in [-0.25, -0.2) is 0 Å². The van der Waals surface area contributed by atoms with Crippen LogP contribution in [-0.4, -0.2) is 29.2 Å². The lowest BCUT2D eigenvalue weighted by atomic mass is 9.98. The number of carboxylic acid groups (broad SMARTS) is 1. The van der Waals surface area contributed by atoms with Crippen molar-refractivity contribution in [1.29, 1.82) is 0 Å². The highest BCUT2D eigenvalue weighted by molar-refractivity contribution is 7.99. The topological polar surface area (TPSA) is 46.5 Å². The average Bonchev–Trinajstić information content (AvgIpc) is 2.27. The Morgan fingerprint density at radius 3 is 2.72 bits per heavy atom. The van der Waals surface area contributed by atoms with Gasteiger partial charge in [-0.1, -0.05) is 19.9 Å². The third-order valence-electron chi connectivity index (χ3n) is 2.59. The first-order chi connectivity index (χ1) is 8.50. The number of hydrogen-bond donors (Lipinski definition) is 1. The highest BCUT2D eigenvalue weighted by Gasteiger charge is 2.04. The molecule has 0 aliphatic carbocycles. The minimum atomic E-state index is -0.780. The van der Waals surface area contributed by atoms with Crippen LogP contribution >= 0.6 is 11.8 Å². The number of hydrogen-bond acceptors (Lipinski definition) is 3. The monoisotopic (exact) mass is 268 g/mol. The molecular weight excluding hydrogens is 248 g/mol. The summed E-state index contributed by atoms with van der Waals surface area (Å²) in [6.07, 6.45) is 0. The van der Waals surface area contributed by atoms with Crippen molar-refractivity contribution in [2.24, 2.45) is 0 Å². The molecule has 3 nitrogen and oxygen atoms in total. The maximum Gasteiger partial charge on any atom is 0.313 e. The molecule has 1 aromatic carbocycles. The standard InChI is InChI=1S/C14H20O3S/c1-10(2)13-5-4-12(8-11(13)3)17-6-7-18-9-14(15)16/h4-5,8,10H,6-7,9H2,1-3H3,(H,15,16). The van der Waals surface area contributed by atoms with E-state index in [4.69, 9.17) is 9.84 Å². The summed E-state index contributed by atoms with van der Waals surface area (Å²) in [6.45, 7) is 6.97. The molecule has 100 valence electrons. The molecule has 0 bridgehead atoms. The van der Waals surface area contributed by atoms with Crippen molar-refractivity contribution in [3.8, 4) is 5.75 Å². The fourth-order valence-corrected chi connectivity index (χ4v) is 2.28. The van der Waals surface area contributed by atoms with Crippen LogP contribution in [0.1, 0.15) is 30.9 Å². The number of rotatable bonds is 7. The molecular formula is C14H20O3S. The highest BCUT2D eigenvalue weighted by atomic mass is 32.2. The van der Waals surface area contributed by atoms with E-state index in [1.807, 2.05) is 12.1 Å². The van der Waals surface area contributed by atoms with Gasteiger partial charge in [0.1, 0.15) is 5.75 Å². The van der Waals surface area contributed by atoms with Crippen LogP contribution in [0.25, 0.3) is 0 Å². The van der Waals surface area contributed by atoms with Gasteiger partial charge in [0.25, 0.3) is 0 Å². The smallest absolute Gasteiger partial charge is 0.313 e. The van der Waals surface area contributed by atoms with Crippen LogP contribution in [0.3, 0.4) is 0 Å². The number of thioether (sulfide) groups is 1. The van der Waals surface area contributed by atoms with Crippen LogP contribution in [0.2, 0.25) is 0 Å². The number of carboxylic acids is 1. The first-order valence-electron chi connectivity index (χ1n) is 6.03. The number of carbonyl (C=O) groups is 1. The summed E-state index contributed by atoms with van der Waals surface area (Å²) < 4.78 is 5.59. The summed E-state index contributed by atoms with van der Waals surface area (Å²) in [7, 11) is 0. The largest absolute Gasteiger partial charge is 0.493 e. The molecule has 1 N–H and O–H groups in total. The molecule has 0 saturated carbocycles. The van der Waals surface area contributed by atoms with E-state index in [0.717, 1.165) is 5.75 Å². The van der Waals surface area contributed by atoms with E-state index >= 15 is 0 Å². The Labute approximate surface area is 113 Å². The molecule has 0 radical (unpaired) electrons. The molecule has 0 spiro atoms. The van der Waals surface area contributed by atoms with Gasteiger partial charge in [-0.05, 0) is 36.1 Å². The van der Waals surface area contributed by atoms with Crippen molar-refractivity contribution in [2.45, 2.75) is 26.7 Å². The van der Waals surface area contributed by atoms with Crippen LogP contribution in [0.4, 0.5) is 0 Å². The lowest BCUT2D eigenvalue weighted by Crippen LogP contribution is -2.05. The summed E-state index contributed by atoms with van der Waals surface area (Å²) in [4.78, 5) is 10.3. The fraction of sp³-hybridized carbons (Fsp3) is 0.500. The predicted molar refractivity (Wildman–Crippen MR) is 75.7 cm³/mol. The molecule has 0 saturated heterocycles. The first kappa shape index (κ1) is 14.9. The minimum Gasteiger partial charge on any atom is -0.493 e. The van der Waals surface area contributed by atoms with Crippen molar-refractivity contribution < 1.29 is 14.6 Å². The van der Waals surface area contributed by atoms with E-state index in [9.17, 15) is 4.79 Å². The van der Waals surface area contributed by atoms with Gasteiger partial charge in [-0.15, -0.1) is 11.8 Å². The fourth-order valence-electron chi connectivity index (χ4n) is 1.76. The zero-order valence-corrected chi connectivity index (χ0v) is 11.9. The molecule has 0 aliphatic heterocycles. The molecule has 0 heterocycles. The number of ether oxygens (including phenoxy) is 1. The summed E-state index contributed by atoms with van der Waals surface area (Å²) >= 11 is 1.37. The Hall–Kier alpha value is -1.16. The quantitative estimate of drug-likeness (QED) is 0.771. The lowest BCUT2D eigenvalue weighted by Gasteiger charge is -2.12. The van der Waals surface area contributed by atoms with E-state index in [-0.39, 0.29) is 5.75 Å². The van der Waals surface area contributed by atoms with Gasteiger partial charge in [0.05, 0.1) is 12.4 Å². The van der Waals surface area contributed by atoms with E-state index < -0.39 is 5.97 Å². The first-order valence-corrected chi connectivity index (χ1v) is 7.19. The predicted octanol–water partition coefficient (Wildman–Crippen LogP) is 3.32. The maximum absolute atomic E-state index is 10.3. The molecule has 0 unspecified atom stereocenters. The van der Waals surface area contributed by atoms with Crippen LogP contribution in [0.15, 0.2) is 18.2 Å². The normalized spacial score (nSPS) is 10.7. The second-order valence-corrected chi connectivity index (χ2v) is 5.57. The minimum absolute atomic E-state index is 0.134. The Balaban J connectivity index is 2.39. The van der Waals surface area contributed by atoms with E-state index in [1.165, 1.54) is 22.9 Å². The highest BCUT2D eigenvalue weighted by Crippen LogP contribution is 2.23. The van der Waals surface area contributed by atoms with Gasteiger partial charge in [0.2, 0.25) is 0 Å². The average molecular weight is 268 g/mol. The van der Waals surface area contributed by atoms with E-state index in [1.54, 1.807) is 0 Å². The third kappa shape index (κ3) is 5.00. The SMILES string of the molecule is Cc1cc(OCCSCC(=O)O)ccc1C(C)C. The van der Waals surface area contributed by atoms with Gasteiger partial charge in [0.15, 0.2) is 0 Å². The zero-order chi connectivity index (χ0) is 13.5. The van der Waals surface area contributed by atoms with Crippen molar-refractivity contribution in [1.82, 2.24) is 0 Å². The van der Waals surface area contributed by atoms with Crippen LogP contribution in [0.5, 0.6) is 5.75 Å². The van der Waals surface area contributed by atoms with Gasteiger partial charge in [-0.2, -0.15) is 0 Å². The molecule has 18 heavy (non-hydrogen) atoms. The molecule has 0 aromatic heterocycles. The number of benzene rings is 1. The van der Waals surface area contributed by atoms with Gasteiger partial charge < -0.3 is 9.84 Å². The second kappa shape index (κ2) is 7.31. The second-order valence-electron chi connectivity index (χ2n) is 4.47. The lowest BCUT2D eigenvalue weighted by molar-refractivity contribution is -0.133. The van der Waals surface area contributed by atoms with Crippen LogP contribution in [0, 0.1) is 6.92 Å². The van der Waals surface area contributed by atoms with Crippen LogP contribution < -0.4 is 4.74 Å². The van der Waals surface area contributed by atoms with Gasteiger partial charge in [-0.3, -0.25) is 4.79 Å². The Kier molecular flexibility index (Phi) is 6.05. The molecule has 0 atom stereocenters. The maximum atomic E-state index is 10.3. The van der Waals surface area contributed by atoms with Crippen molar-refractivity contribution in [3.63, 3.8) is 0 Å². The van der Waals surface area contributed by atoms with Crippen molar-refractivity contribution in [2.75, 3.05) is 18.1 Å². The van der Waals surface area contributed by atoms with Gasteiger partial charge in [0, 0.05) is 5.75 Å². The Morgan fingerprint density at radius 1 is 1.44 bits per heavy atom. The molecule has 1 rings (SSSR count). The summed E-state index contributed by atoms with van der Waals surface area (Å²) in [6, 6.07) is 6.11. The molecule has 4 heteroatoms. The number of aliphatic carboxylic acids is 1. The third-order valence-corrected chi connectivity index (χ3v) is 3.49. The van der Waals surface area contributed by atoms with E-state index in [2.05, 4.69) is 26.8 Å². The van der Waals surface area contributed by atoms with Crippen molar-refractivity contribution >= 4 is 17.7 Å². The zero-order valence-electron chi connectivity index (χ0n) is 11.1. The van der Waals surface area contributed by atoms with Gasteiger partial charge >= 0.3 is 5.97 Å². The van der Waals surface area contributed by atoms with E-state index in [0.29, 0.717) is 18.3 Å².